The fourth-order valence-electron chi connectivity index (χ4n) is 1.71. The molecule has 0 aromatic heterocycles. The Morgan fingerprint density at radius 1 is 0.731 bits per heavy atom. The van der Waals surface area contributed by atoms with Gasteiger partial charge in [-0.2, -0.15) is 12.8 Å². The van der Waals surface area contributed by atoms with Crippen molar-refractivity contribution in [3.8, 4) is 0 Å². The maximum absolute atomic E-state index is 4.81. The van der Waals surface area contributed by atoms with Gasteiger partial charge in [0.2, 0.25) is 0 Å². The van der Waals surface area contributed by atoms with Gasteiger partial charge in [-0.3, -0.25) is 0 Å². The largest absolute Gasteiger partial charge is 0.0622 e. The monoisotopic (exact) mass is 504 g/mol. The maximum Gasteiger partial charge on any atom is -0.0226 e. The molecule has 152 valence electrons. The number of rotatable bonds is 6. The average molecular weight is 506 g/mol. The quantitative estimate of drug-likeness (QED) is 0.214. The Kier molecular flexibility index (Phi) is 27.4. The first-order valence-corrected chi connectivity index (χ1v) is 14.0. The van der Waals surface area contributed by atoms with E-state index < -0.39 is 0 Å². The van der Waals surface area contributed by atoms with E-state index in [0.717, 1.165) is 21.4 Å². The van der Waals surface area contributed by atoms with Crippen molar-refractivity contribution in [1.29, 1.82) is 0 Å². The SMILES string of the molecule is [CH2-]CCCC.[CH2-]CCCC.[Cl][Pd][Cl].c1ccc(Pc2ccccc2)cc1. The van der Waals surface area contributed by atoms with Crippen LogP contribution in [-0.4, -0.2) is 0 Å². The second-order valence-corrected chi connectivity index (χ2v) is 9.08. The van der Waals surface area contributed by atoms with Crippen molar-refractivity contribution in [1.82, 2.24) is 0 Å². The van der Waals surface area contributed by atoms with E-state index >= 15 is 0 Å². The summed E-state index contributed by atoms with van der Waals surface area (Å²) < 4.78 is 0. The van der Waals surface area contributed by atoms with Gasteiger partial charge in [0.1, 0.15) is 0 Å². The first kappa shape index (κ1) is 28.3. The molecular formula is C22H33Cl2PPd-2. The summed E-state index contributed by atoms with van der Waals surface area (Å²) in [4.78, 5) is 0. The molecule has 0 heterocycles. The summed E-state index contributed by atoms with van der Waals surface area (Å²) in [5.74, 6) is 0. The molecule has 26 heavy (non-hydrogen) atoms. The predicted molar refractivity (Wildman–Crippen MR) is 122 cm³/mol. The van der Waals surface area contributed by atoms with Gasteiger partial charge in [-0.05, 0) is 10.6 Å². The van der Waals surface area contributed by atoms with Crippen LogP contribution in [0.15, 0.2) is 60.7 Å². The van der Waals surface area contributed by atoms with Crippen LogP contribution >= 0.6 is 27.6 Å². The second-order valence-electron chi connectivity index (χ2n) is 5.32. The van der Waals surface area contributed by atoms with E-state index in [1.165, 1.54) is 36.3 Å². The Morgan fingerprint density at radius 3 is 1.23 bits per heavy atom. The second kappa shape index (κ2) is 25.1. The molecule has 4 heteroatoms. The van der Waals surface area contributed by atoms with E-state index in [9.17, 15) is 0 Å². The molecule has 0 aliphatic heterocycles. The normalized spacial score (nSPS) is 9.00. The summed E-state index contributed by atoms with van der Waals surface area (Å²) in [6.07, 6.45) is 7.31. The zero-order chi connectivity index (χ0) is 19.9. The molecule has 2 aromatic rings. The molecule has 0 spiro atoms. The molecule has 0 aliphatic carbocycles. The average Bonchev–Trinajstić information content (AvgIpc) is 2.66. The summed E-state index contributed by atoms with van der Waals surface area (Å²) >= 11 is -0.106. The number of benzene rings is 2. The summed E-state index contributed by atoms with van der Waals surface area (Å²) in [5, 5.41) is 2.79. The summed E-state index contributed by atoms with van der Waals surface area (Å²) in [5.41, 5.74) is 0. The third kappa shape index (κ3) is 22.2. The third-order valence-electron chi connectivity index (χ3n) is 3.04. The first-order chi connectivity index (χ1) is 12.7. The molecule has 0 atom stereocenters. The van der Waals surface area contributed by atoms with E-state index in [1.807, 2.05) is 0 Å². The Labute approximate surface area is 180 Å². The van der Waals surface area contributed by atoms with Crippen molar-refractivity contribution in [2.24, 2.45) is 0 Å². The van der Waals surface area contributed by atoms with E-state index in [1.54, 1.807) is 0 Å². The van der Waals surface area contributed by atoms with Crippen LogP contribution in [0.2, 0.25) is 0 Å². The zero-order valence-corrected chi connectivity index (χ0v) is 20.1. The molecule has 2 rings (SSSR count). The molecule has 0 nitrogen and oxygen atoms in total. The minimum Gasteiger partial charge on any atom is -0.0622 e. The van der Waals surface area contributed by atoms with Crippen LogP contribution in [-0.2, 0) is 15.9 Å². The number of hydrogen-bond acceptors (Lipinski definition) is 0. The topological polar surface area (TPSA) is 0 Å². The molecule has 0 fully saturated rings. The summed E-state index contributed by atoms with van der Waals surface area (Å²) in [6, 6.07) is 21.2. The molecule has 0 saturated heterocycles. The smallest absolute Gasteiger partial charge is 0.0226 e. The van der Waals surface area contributed by atoms with E-state index in [0.29, 0.717) is 0 Å². The van der Waals surface area contributed by atoms with Gasteiger partial charge in [0.05, 0.1) is 0 Å². The van der Waals surface area contributed by atoms with Crippen LogP contribution in [0.5, 0.6) is 0 Å². The fraction of sp³-hybridized carbons (Fsp3) is 0.364. The van der Waals surface area contributed by atoms with Gasteiger partial charge in [0, 0.05) is 0 Å². The molecule has 2 aromatic carbocycles. The molecule has 0 radical (unpaired) electrons. The maximum atomic E-state index is 4.81. The standard InChI is InChI=1S/C12H11P.2C5H11.2ClH.Pd/c1-3-7-11(8-4-1)13-12-9-5-2-6-10-12;2*1-3-5-4-2;;;/h1-10,13H;2*1,3-5H2,2H3;2*1H;/q;2*-1;;;+2/p-2. The summed E-state index contributed by atoms with van der Waals surface area (Å²) in [7, 11) is 10.4. The molecular weight excluding hydrogens is 473 g/mol. The van der Waals surface area contributed by atoms with Gasteiger partial charge >= 0.3 is 35.0 Å². The van der Waals surface area contributed by atoms with Crippen LogP contribution in [0, 0.1) is 13.8 Å². The van der Waals surface area contributed by atoms with Crippen LogP contribution < -0.4 is 10.6 Å². The molecule has 0 amide bonds. The fourth-order valence-corrected chi connectivity index (χ4v) is 2.76. The molecule has 0 unspecified atom stereocenters. The Hall–Kier alpha value is 0.112. The predicted octanol–water partition coefficient (Wildman–Crippen LogP) is 7.71. The van der Waals surface area contributed by atoms with Gasteiger partial charge < -0.3 is 13.8 Å². The van der Waals surface area contributed by atoms with Crippen LogP contribution in [0.3, 0.4) is 0 Å². The van der Waals surface area contributed by atoms with Gasteiger partial charge in [0.25, 0.3) is 0 Å². The van der Waals surface area contributed by atoms with Crippen molar-refractivity contribution in [2.45, 2.75) is 52.4 Å². The Morgan fingerprint density at radius 2 is 1.04 bits per heavy atom. The zero-order valence-electron chi connectivity index (χ0n) is 16.0. The number of unbranched alkanes of at least 4 members (excludes halogenated alkanes) is 4. The Balaban J connectivity index is 0. The van der Waals surface area contributed by atoms with Gasteiger partial charge in [-0.25, -0.2) is 0 Å². The van der Waals surface area contributed by atoms with Crippen LogP contribution in [0.1, 0.15) is 52.4 Å². The molecule has 0 bridgehead atoms. The molecule has 0 aliphatic rings. The van der Waals surface area contributed by atoms with Crippen molar-refractivity contribution < 1.29 is 15.9 Å². The number of hydrogen-bond donors (Lipinski definition) is 0. The third-order valence-corrected chi connectivity index (χ3v) is 4.29. The minimum atomic E-state index is -0.106. The summed E-state index contributed by atoms with van der Waals surface area (Å²) in [6.45, 7) is 11.7. The number of halogens is 2. The van der Waals surface area contributed by atoms with Crippen molar-refractivity contribution >= 4 is 38.2 Å². The van der Waals surface area contributed by atoms with Gasteiger partial charge in [-0.15, -0.1) is 0 Å². The van der Waals surface area contributed by atoms with Crippen molar-refractivity contribution in [3.63, 3.8) is 0 Å². The first-order valence-electron chi connectivity index (χ1n) is 8.97. The van der Waals surface area contributed by atoms with E-state index in [4.69, 9.17) is 19.1 Å². The van der Waals surface area contributed by atoms with Crippen molar-refractivity contribution in [3.05, 3.63) is 74.5 Å². The van der Waals surface area contributed by atoms with E-state index in [2.05, 4.69) is 88.4 Å². The van der Waals surface area contributed by atoms with Crippen LogP contribution in [0.25, 0.3) is 0 Å². The van der Waals surface area contributed by atoms with Gasteiger partial charge in [-0.1, -0.05) is 109 Å². The van der Waals surface area contributed by atoms with Gasteiger partial charge in [0.15, 0.2) is 0 Å². The molecule has 0 saturated carbocycles. The van der Waals surface area contributed by atoms with E-state index in [-0.39, 0.29) is 15.9 Å². The van der Waals surface area contributed by atoms with Crippen molar-refractivity contribution in [2.75, 3.05) is 0 Å². The molecule has 0 N–H and O–H groups in total. The van der Waals surface area contributed by atoms with Crippen LogP contribution in [0.4, 0.5) is 0 Å². The Bertz CT molecular complexity index is 419. The minimum absolute atomic E-state index is 0.106.